The summed E-state index contributed by atoms with van der Waals surface area (Å²) in [6, 6.07) is 17.3. The first-order chi connectivity index (χ1) is 18.4. The first kappa shape index (κ1) is 26.8. The van der Waals surface area contributed by atoms with Crippen molar-refractivity contribution in [3.8, 4) is 0 Å². The zero-order valence-corrected chi connectivity index (χ0v) is 22.9. The summed E-state index contributed by atoms with van der Waals surface area (Å²) in [5.74, 6) is 1.69. The first-order valence-electron chi connectivity index (χ1n) is 13.6. The standard InChI is InChI=1S/C28H39N7O2S/c1-20(2)31-27-32-26(33-28(34-27)35-16-5-6-17-35)29-18-21-12-14-22(15-13-21)19-30-38(36,37)25-11-7-9-23-8-3-4-10-24(23)25/h3-11,16-17,20-22,26-27,29-32H,12-15,18-19H2,1-2H3,(H,33,34). The molecule has 2 aliphatic rings. The third-order valence-electron chi connectivity index (χ3n) is 7.37. The van der Waals surface area contributed by atoms with Crippen LogP contribution in [0, 0.1) is 11.8 Å². The molecule has 1 saturated carbocycles. The molecule has 38 heavy (non-hydrogen) atoms. The van der Waals surface area contributed by atoms with E-state index in [1.54, 1.807) is 12.1 Å². The van der Waals surface area contributed by atoms with Gasteiger partial charge in [0.2, 0.25) is 16.0 Å². The zero-order chi connectivity index (χ0) is 26.5. The molecular formula is C28H39N7O2S. The average molecular weight is 538 g/mol. The van der Waals surface area contributed by atoms with Gasteiger partial charge in [-0.3, -0.25) is 20.5 Å². The maximum Gasteiger partial charge on any atom is 0.241 e. The molecule has 5 N–H and O–H groups in total. The molecule has 0 saturated heterocycles. The summed E-state index contributed by atoms with van der Waals surface area (Å²) >= 11 is 0. The second-order valence-electron chi connectivity index (χ2n) is 10.6. The molecule has 9 nitrogen and oxygen atoms in total. The normalized spacial score (nSPS) is 24.3. The van der Waals surface area contributed by atoms with Crippen molar-refractivity contribution in [1.29, 1.82) is 0 Å². The van der Waals surface area contributed by atoms with E-state index in [-0.39, 0.29) is 12.6 Å². The minimum atomic E-state index is -3.56. The van der Waals surface area contributed by atoms with Crippen LogP contribution in [0.25, 0.3) is 10.8 Å². The van der Waals surface area contributed by atoms with Crippen LogP contribution in [0.4, 0.5) is 0 Å². The Morgan fingerprint density at radius 3 is 2.37 bits per heavy atom. The van der Waals surface area contributed by atoms with E-state index in [0.717, 1.165) is 49.0 Å². The molecule has 2 aromatic carbocycles. The second-order valence-corrected chi connectivity index (χ2v) is 12.4. The summed E-state index contributed by atoms with van der Waals surface area (Å²) in [7, 11) is -3.56. The minimum absolute atomic E-state index is 0.0899. The fraction of sp³-hybridized carbons (Fsp3) is 0.464. The molecule has 5 rings (SSSR count). The molecule has 2 unspecified atom stereocenters. The van der Waals surface area contributed by atoms with Gasteiger partial charge in [0.05, 0.1) is 4.90 Å². The third kappa shape index (κ3) is 6.62. The van der Waals surface area contributed by atoms with Crippen LogP contribution in [0.1, 0.15) is 39.5 Å². The maximum atomic E-state index is 13.1. The molecule has 10 heteroatoms. The van der Waals surface area contributed by atoms with Crippen molar-refractivity contribution in [3.63, 3.8) is 0 Å². The Morgan fingerprint density at radius 1 is 0.947 bits per heavy atom. The van der Waals surface area contributed by atoms with Crippen LogP contribution in [-0.2, 0) is 10.0 Å². The largest absolute Gasteiger partial charge is 0.327 e. The topological polar surface area (TPSA) is 112 Å². The Labute approximate surface area is 225 Å². The predicted octanol–water partition coefficient (Wildman–Crippen LogP) is 2.98. The lowest BCUT2D eigenvalue weighted by atomic mass is 9.82. The van der Waals surface area contributed by atoms with Gasteiger partial charge in [-0.25, -0.2) is 18.1 Å². The van der Waals surface area contributed by atoms with Gasteiger partial charge in [-0.15, -0.1) is 0 Å². The number of aliphatic imine (C=N–C) groups is 1. The quantitative estimate of drug-likeness (QED) is 0.287. The molecular weight excluding hydrogens is 498 g/mol. The number of hydrogen-bond donors (Lipinski definition) is 5. The average Bonchev–Trinajstić information content (AvgIpc) is 3.46. The van der Waals surface area contributed by atoms with Crippen LogP contribution >= 0.6 is 0 Å². The summed E-state index contributed by atoms with van der Waals surface area (Å²) in [6.07, 6.45) is 7.84. The van der Waals surface area contributed by atoms with E-state index in [2.05, 4.69) is 39.8 Å². The van der Waals surface area contributed by atoms with Crippen molar-refractivity contribution in [2.45, 2.75) is 63.0 Å². The fourth-order valence-corrected chi connectivity index (χ4v) is 6.67. The van der Waals surface area contributed by atoms with Crippen LogP contribution in [0.2, 0.25) is 0 Å². The lowest BCUT2D eigenvalue weighted by molar-refractivity contribution is 0.237. The predicted molar refractivity (Wildman–Crippen MR) is 152 cm³/mol. The smallest absolute Gasteiger partial charge is 0.241 e. The summed E-state index contributed by atoms with van der Waals surface area (Å²) in [5.41, 5.74) is 0. The van der Waals surface area contributed by atoms with E-state index in [1.807, 2.05) is 59.4 Å². The van der Waals surface area contributed by atoms with Crippen molar-refractivity contribution < 1.29 is 8.42 Å². The van der Waals surface area contributed by atoms with Gasteiger partial charge >= 0.3 is 0 Å². The highest BCUT2D eigenvalue weighted by Crippen LogP contribution is 2.29. The minimum Gasteiger partial charge on any atom is -0.327 e. The summed E-state index contributed by atoms with van der Waals surface area (Å²) < 4.78 is 31.0. The van der Waals surface area contributed by atoms with Gasteiger partial charge in [-0.2, -0.15) is 0 Å². The molecule has 2 heterocycles. The van der Waals surface area contributed by atoms with Gasteiger partial charge in [-0.05, 0) is 75.0 Å². The molecule has 1 fully saturated rings. The maximum absolute atomic E-state index is 13.1. The number of benzene rings is 2. The number of nitrogens with one attached hydrogen (secondary N) is 5. The van der Waals surface area contributed by atoms with Crippen LogP contribution < -0.4 is 26.0 Å². The Morgan fingerprint density at radius 2 is 1.63 bits per heavy atom. The molecule has 204 valence electrons. The van der Waals surface area contributed by atoms with E-state index >= 15 is 0 Å². The van der Waals surface area contributed by atoms with Crippen LogP contribution in [0.3, 0.4) is 0 Å². The van der Waals surface area contributed by atoms with Crippen LogP contribution in [0.15, 0.2) is 76.9 Å². The number of aromatic nitrogens is 1. The summed E-state index contributed by atoms with van der Waals surface area (Å²) in [5, 5.41) is 15.7. The van der Waals surface area contributed by atoms with E-state index in [4.69, 9.17) is 4.99 Å². The van der Waals surface area contributed by atoms with Gasteiger partial charge < -0.3 is 5.32 Å². The highest BCUT2D eigenvalue weighted by Gasteiger charge is 2.27. The van der Waals surface area contributed by atoms with Gasteiger partial charge in [0.25, 0.3) is 0 Å². The molecule has 3 aromatic rings. The zero-order valence-electron chi connectivity index (χ0n) is 22.1. The van der Waals surface area contributed by atoms with Crippen molar-refractivity contribution in [2.24, 2.45) is 16.8 Å². The molecule has 1 aromatic heterocycles. The van der Waals surface area contributed by atoms with Crippen molar-refractivity contribution in [3.05, 3.63) is 67.0 Å². The number of nitrogens with zero attached hydrogens (tertiary/aromatic N) is 2. The van der Waals surface area contributed by atoms with Crippen molar-refractivity contribution in [2.75, 3.05) is 13.1 Å². The number of fused-ring (bicyclic) bond motifs is 1. The van der Waals surface area contributed by atoms with Gasteiger partial charge in [0.15, 0.2) is 6.29 Å². The number of rotatable bonds is 9. The molecule has 1 aliphatic carbocycles. The number of sulfonamides is 1. The Bertz CT molecular complexity index is 1330. The van der Waals surface area contributed by atoms with Gasteiger partial charge in [0.1, 0.15) is 6.29 Å². The van der Waals surface area contributed by atoms with Crippen molar-refractivity contribution >= 4 is 26.8 Å². The highest BCUT2D eigenvalue weighted by molar-refractivity contribution is 7.89. The van der Waals surface area contributed by atoms with E-state index in [9.17, 15) is 8.42 Å². The monoisotopic (exact) mass is 537 g/mol. The van der Waals surface area contributed by atoms with Gasteiger partial charge in [0, 0.05) is 36.9 Å². The Kier molecular flexibility index (Phi) is 8.45. The molecule has 0 radical (unpaired) electrons. The molecule has 0 amide bonds. The molecule has 0 spiro atoms. The summed E-state index contributed by atoms with van der Waals surface area (Å²) in [6.45, 7) is 5.58. The van der Waals surface area contributed by atoms with E-state index in [1.165, 1.54) is 0 Å². The summed E-state index contributed by atoms with van der Waals surface area (Å²) in [4.78, 5) is 5.17. The SMILES string of the molecule is CC(C)NC1NC(n2cccc2)=NC(NCC2CCC(CNS(=O)(=O)c3cccc4ccccc34)CC2)N1. The fourth-order valence-electron chi connectivity index (χ4n) is 5.32. The highest BCUT2D eigenvalue weighted by atomic mass is 32.2. The molecule has 2 atom stereocenters. The first-order valence-corrected chi connectivity index (χ1v) is 15.1. The lowest BCUT2D eigenvalue weighted by Gasteiger charge is -2.35. The van der Waals surface area contributed by atoms with Crippen LogP contribution in [-0.4, -0.2) is 50.7 Å². The Hall–Kier alpha value is -2.76. The lowest BCUT2D eigenvalue weighted by Crippen LogP contribution is -2.66. The van der Waals surface area contributed by atoms with Crippen molar-refractivity contribution in [1.82, 2.24) is 30.6 Å². The van der Waals surface area contributed by atoms with Gasteiger partial charge in [-0.1, -0.05) is 36.4 Å². The number of hydrogen-bond acceptors (Lipinski definition) is 7. The van der Waals surface area contributed by atoms with E-state index in [0.29, 0.717) is 29.3 Å². The second kappa shape index (κ2) is 12.0. The third-order valence-corrected chi connectivity index (χ3v) is 8.85. The van der Waals surface area contributed by atoms with Crippen LogP contribution in [0.5, 0.6) is 0 Å². The Balaban J connectivity index is 1.11. The molecule has 0 bridgehead atoms. The van der Waals surface area contributed by atoms with E-state index < -0.39 is 10.0 Å². The molecule has 1 aliphatic heterocycles.